The lowest BCUT2D eigenvalue weighted by atomic mass is 10.0. The molecule has 0 aliphatic carbocycles. The summed E-state index contributed by atoms with van der Waals surface area (Å²) < 4.78 is 22.7. The van der Waals surface area contributed by atoms with Crippen molar-refractivity contribution in [1.29, 1.82) is 0 Å². The number of hydrogen-bond donors (Lipinski definition) is 0. The van der Waals surface area contributed by atoms with Gasteiger partial charge in [0.1, 0.15) is 13.2 Å². The summed E-state index contributed by atoms with van der Waals surface area (Å²) in [5.74, 6) is -2.30. The molecule has 9 nitrogen and oxygen atoms in total. The molecule has 0 aromatic rings. The van der Waals surface area contributed by atoms with Crippen molar-refractivity contribution in [3.63, 3.8) is 0 Å². The number of carbonyl (C=O) groups excluding carboxylic acids is 3. The number of quaternary nitrogens is 1. The molecular weight excluding hydrogens is 839 g/mol. The Kier molecular flexibility index (Phi) is 47.2. The van der Waals surface area contributed by atoms with Crippen LogP contribution in [0, 0.1) is 0 Å². The van der Waals surface area contributed by atoms with Crippen molar-refractivity contribution in [2.45, 2.75) is 245 Å². The Bertz CT molecular complexity index is 1280. The normalized spacial score (nSPS) is 13.3. The average molecular weight is 942 g/mol. The first-order valence-electron chi connectivity index (χ1n) is 27.4. The summed E-state index contributed by atoms with van der Waals surface area (Å²) >= 11 is 0. The zero-order valence-electron chi connectivity index (χ0n) is 44.0. The summed E-state index contributed by atoms with van der Waals surface area (Å²) in [5, 5.41) is 11.8. The highest BCUT2D eigenvalue weighted by Gasteiger charge is 2.22. The lowest BCUT2D eigenvalue weighted by Gasteiger charge is -2.26. The predicted octanol–water partition coefficient (Wildman–Crippen LogP) is 14.3. The summed E-state index contributed by atoms with van der Waals surface area (Å²) in [4.78, 5) is 37.2. The van der Waals surface area contributed by atoms with Gasteiger partial charge >= 0.3 is 11.9 Å². The number of nitrogens with zero attached hydrogens (tertiary/aromatic N) is 1. The molecule has 0 aliphatic heterocycles. The Labute approximate surface area is 412 Å². The molecule has 0 saturated heterocycles. The number of aliphatic carboxylic acids is 1. The van der Waals surface area contributed by atoms with Gasteiger partial charge in [-0.2, -0.15) is 0 Å². The number of rotatable bonds is 50. The molecule has 0 fully saturated rings. The van der Waals surface area contributed by atoms with Crippen LogP contribution in [-0.2, 0) is 33.3 Å². The maximum absolute atomic E-state index is 12.8. The molecule has 0 aromatic carbocycles. The van der Waals surface area contributed by atoms with Gasteiger partial charge in [0.25, 0.3) is 0 Å². The van der Waals surface area contributed by atoms with Crippen LogP contribution in [-0.4, -0.2) is 82.3 Å². The van der Waals surface area contributed by atoms with Crippen molar-refractivity contribution < 1.29 is 42.9 Å². The second-order valence-electron chi connectivity index (χ2n) is 19.5. The number of esters is 2. The molecule has 0 aromatic heterocycles. The van der Waals surface area contributed by atoms with E-state index in [4.69, 9.17) is 18.9 Å². The molecule has 0 heterocycles. The van der Waals surface area contributed by atoms with E-state index in [2.05, 4.69) is 74.6 Å². The van der Waals surface area contributed by atoms with Gasteiger partial charge in [0, 0.05) is 12.8 Å². The topological polar surface area (TPSA) is 111 Å². The molecule has 0 N–H and O–H groups in total. The smallest absolute Gasteiger partial charge is 0.306 e. The number of unbranched alkanes of at least 4 members (excludes halogenated alkanes) is 25. The van der Waals surface area contributed by atoms with Crippen LogP contribution in [0.5, 0.6) is 0 Å². The molecular formula is C58H103NO8. The van der Waals surface area contributed by atoms with Crippen LogP contribution >= 0.6 is 0 Å². The van der Waals surface area contributed by atoms with Gasteiger partial charge in [-0.05, 0) is 77.0 Å². The second kappa shape index (κ2) is 49.4. The van der Waals surface area contributed by atoms with E-state index in [1.54, 1.807) is 0 Å². The molecule has 67 heavy (non-hydrogen) atoms. The minimum atomic E-state index is -1.63. The first-order chi connectivity index (χ1) is 32.6. The zero-order chi connectivity index (χ0) is 49.2. The molecule has 2 unspecified atom stereocenters. The molecule has 9 heteroatoms. The number of ether oxygens (including phenoxy) is 4. The minimum Gasteiger partial charge on any atom is -0.545 e. The second-order valence-corrected chi connectivity index (χ2v) is 19.5. The van der Waals surface area contributed by atoms with Crippen molar-refractivity contribution in [2.75, 3.05) is 47.5 Å². The third-order valence-corrected chi connectivity index (χ3v) is 11.7. The van der Waals surface area contributed by atoms with Gasteiger partial charge in [-0.25, -0.2) is 0 Å². The van der Waals surface area contributed by atoms with E-state index >= 15 is 0 Å². The van der Waals surface area contributed by atoms with Gasteiger partial charge in [-0.3, -0.25) is 9.59 Å². The highest BCUT2D eigenvalue weighted by atomic mass is 16.7. The maximum atomic E-state index is 12.8. The fourth-order valence-electron chi connectivity index (χ4n) is 7.52. The van der Waals surface area contributed by atoms with E-state index in [1.807, 2.05) is 21.1 Å². The van der Waals surface area contributed by atoms with E-state index in [0.717, 1.165) is 83.5 Å². The van der Waals surface area contributed by atoms with Gasteiger partial charge in [0.2, 0.25) is 0 Å². The maximum Gasteiger partial charge on any atom is 0.306 e. The van der Waals surface area contributed by atoms with Crippen molar-refractivity contribution in [3.8, 4) is 0 Å². The van der Waals surface area contributed by atoms with Gasteiger partial charge in [-0.15, -0.1) is 0 Å². The van der Waals surface area contributed by atoms with E-state index < -0.39 is 24.3 Å². The molecule has 0 bridgehead atoms. The molecule has 0 aliphatic rings. The quantitative estimate of drug-likeness (QED) is 0.0195. The largest absolute Gasteiger partial charge is 0.545 e. The highest BCUT2D eigenvalue weighted by Crippen LogP contribution is 2.15. The van der Waals surface area contributed by atoms with Crippen molar-refractivity contribution >= 4 is 17.9 Å². The van der Waals surface area contributed by atoms with Crippen LogP contribution in [0.2, 0.25) is 0 Å². The van der Waals surface area contributed by atoms with Crippen LogP contribution in [0.3, 0.4) is 0 Å². The lowest BCUT2D eigenvalue weighted by Crippen LogP contribution is -2.44. The first-order valence-corrected chi connectivity index (χ1v) is 27.4. The average Bonchev–Trinajstić information content (AvgIpc) is 3.29. The van der Waals surface area contributed by atoms with Crippen LogP contribution < -0.4 is 5.11 Å². The number of carbonyl (C=O) groups is 3. The summed E-state index contributed by atoms with van der Waals surface area (Å²) in [6.45, 7) is 4.63. The molecule has 2 atom stereocenters. The van der Waals surface area contributed by atoms with Gasteiger partial charge < -0.3 is 33.3 Å². The molecule has 0 rings (SSSR count). The fourth-order valence-corrected chi connectivity index (χ4v) is 7.52. The van der Waals surface area contributed by atoms with Gasteiger partial charge in [0.15, 0.2) is 12.4 Å². The fraction of sp³-hybridized carbons (Fsp3) is 0.776. The Hall–Kier alpha value is -3.01. The van der Waals surface area contributed by atoms with E-state index in [-0.39, 0.29) is 38.6 Å². The standard InChI is InChI=1S/C58H103NO8/c1-6-8-10-12-14-16-18-20-22-24-26-27-28-29-31-32-34-36-38-40-42-44-46-48-55(60)65-52-54(53-66-58(57(62)63)64-51-50-59(3,4)5)67-56(61)49-47-45-43-41-39-37-35-33-30-25-23-21-19-17-15-13-11-9-7-2/h9,11,15,17,21,23-24,26,30,33,54,58H,6-8,10,12-14,16,18-20,22,25,27-29,31-32,34-53H2,1-5H3/b11-9-,17-15-,23-21-,26-24-,33-30-. The summed E-state index contributed by atoms with van der Waals surface area (Å²) in [5.41, 5.74) is 0. The van der Waals surface area contributed by atoms with Crippen molar-refractivity contribution in [3.05, 3.63) is 60.8 Å². The predicted molar refractivity (Wildman–Crippen MR) is 278 cm³/mol. The van der Waals surface area contributed by atoms with Crippen LogP contribution in [0.1, 0.15) is 232 Å². The molecule has 0 amide bonds. The number of carboxylic acid groups (broad SMARTS) is 1. The van der Waals surface area contributed by atoms with Crippen molar-refractivity contribution in [2.24, 2.45) is 0 Å². The number of allylic oxidation sites excluding steroid dienone is 10. The summed E-state index contributed by atoms with van der Waals surface area (Å²) in [7, 11) is 5.91. The highest BCUT2D eigenvalue weighted by molar-refractivity contribution is 5.70. The molecule has 0 spiro atoms. The monoisotopic (exact) mass is 942 g/mol. The summed E-state index contributed by atoms with van der Waals surface area (Å²) in [6, 6.07) is 0. The Balaban J connectivity index is 4.30. The zero-order valence-corrected chi connectivity index (χ0v) is 44.0. The Morgan fingerprint density at radius 2 is 0.851 bits per heavy atom. The van der Waals surface area contributed by atoms with Crippen LogP contribution in [0.15, 0.2) is 60.8 Å². The third-order valence-electron chi connectivity index (χ3n) is 11.7. The van der Waals surface area contributed by atoms with Gasteiger partial charge in [0.05, 0.1) is 40.3 Å². The SMILES string of the molecule is CC/C=C\C/C=C\C/C=C\C/C=C\CCCCCCCCC(=O)OC(COC(=O)CCCCCCCCCCCCC/C=C\CCCCCCCCCC)COC(OCC[N+](C)(C)C)C(=O)[O-]. The van der Waals surface area contributed by atoms with Crippen LogP contribution in [0.4, 0.5) is 0 Å². The molecule has 388 valence electrons. The lowest BCUT2D eigenvalue weighted by molar-refractivity contribution is -0.870. The van der Waals surface area contributed by atoms with E-state index in [0.29, 0.717) is 17.4 Å². The number of likely N-dealkylation sites (N-methyl/N-ethyl adjacent to an activating group) is 1. The third kappa shape index (κ3) is 50.7. The Morgan fingerprint density at radius 3 is 1.28 bits per heavy atom. The van der Waals surface area contributed by atoms with Crippen molar-refractivity contribution in [1.82, 2.24) is 0 Å². The van der Waals surface area contributed by atoms with E-state index in [9.17, 15) is 19.5 Å². The van der Waals surface area contributed by atoms with Gasteiger partial charge in [-0.1, -0.05) is 203 Å². The summed E-state index contributed by atoms with van der Waals surface area (Å²) in [6.07, 6.45) is 58.3. The Morgan fingerprint density at radius 1 is 0.463 bits per heavy atom. The first kappa shape index (κ1) is 64.0. The molecule has 0 radical (unpaired) electrons. The number of hydrogen-bond acceptors (Lipinski definition) is 8. The number of carboxylic acids is 1. The minimum absolute atomic E-state index is 0.143. The van der Waals surface area contributed by atoms with E-state index in [1.165, 1.54) is 116 Å². The van der Waals surface area contributed by atoms with Crippen LogP contribution in [0.25, 0.3) is 0 Å². The molecule has 0 saturated carbocycles.